The van der Waals surface area contributed by atoms with Crippen molar-refractivity contribution < 1.29 is 18.0 Å². The van der Waals surface area contributed by atoms with Gasteiger partial charge in [-0.15, -0.1) is 11.3 Å². The smallest absolute Gasteiger partial charge is 0.344 e. The summed E-state index contributed by atoms with van der Waals surface area (Å²) in [6.45, 7) is 5.98. The van der Waals surface area contributed by atoms with Gasteiger partial charge in [-0.2, -0.15) is 13.2 Å². The minimum Gasteiger partial charge on any atom is -0.344 e. The second-order valence-corrected chi connectivity index (χ2v) is 8.70. The molecule has 1 saturated heterocycles. The molecule has 1 fully saturated rings. The lowest BCUT2D eigenvalue weighted by Gasteiger charge is -2.30. The Labute approximate surface area is 157 Å². The average molecular weight is 392 g/mol. The Hall–Kier alpha value is -1.12. The number of alkyl halides is 3. The van der Waals surface area contributed by atoms with Crippen LogP contribution in [0.25, 0.3) is 0 Å². The van der Waals surface area contributed by atoms with Gasteiger partial charge in [0.2, 0.25) is 5.91 Å². The lowest BCUT2D eigenvalue weighted by molar-refractivity contribution is -0.154. The van der Waals surface area contributed by atoms with Crippen LogP contribution in [0.5, 0.6) is 0 Å². The predicted molar refractivity (Wildman–Crippen MR) is 98.2 cm³/mol. The maximum atomic E-state index is 12.5. The number of thiophene rings is 1. The van der Waals surface area contributed by atoms with E-state index in [1.165, 1.54) is 23.7 Å². The summed E-state index contributed by atoms with van der Waals surface area (Å²) in [6, 6.07) is 3.49. The van der Waals surface area contributed by atoms with Gasteiger partial charge in [0.25, 0.3) is 0 Å². The third-order valence-electron chi connectivity index (χ3n) is 4.90. The summed E-state index contributed by atoms with van der Waals surface area (Å²) in [6.07, 6.45) is -3.29. The van der Waals surface area contributed by atoms with Crippen LogP contribution in [-0.4, -0.2) is 73.1 Å². The van der Waals surface area contributed by atoms with Crippen LogP contribution < -0.4 is 0 Å². The van der Waals surface area contributed by atoms with Gasteiger partial charge in [-0.05, 0) is 51.9 Å². The van der Waals surface area contributed by atoms with E-state index in [9.17, 15) is 18.0 Å². The Kier molecular flexibility index (Phi) is 7.10. The summed E-state index contributed by atoms with van der Waals surface area (Å²) >= 11 is 1.80. The first-order chi connectivity index (χ1) is 12.0. The molecular formula is C18H28F3N3OS. The largest absolute Gasteiger partial charge is 0.401 e. The molecule has 1 aliphatic rings. The second-order valence-electron chi connectivity index (χ2n) is 7.33. The van der Waals surface area contributed by atoms with Crippen LogP contribution in [0.1, 0.15) is 23.1 Å². The van der Waals surface area contributed by atoms with Crippen LogP contribution >= 0.6 is 11.3 Å². The van der Waals surface area contributed by atoms with E-state index in [0.717, 1.165) is 31.0 Å². The molecule has 1 aliphatic heterocycles. The van der Waals surface area contributed by atoms with Crippen molar-refractivity contribution in [3.8, 4) is 0 Å². The molecule has 0 aliphatic carbocycles. The van der Waals surface area contributed by atoms with Gasteiger partial charge in [-0.25, -0.2) is 0 Å². The molecule has 1 amide bonds. The number of carbonyl (C=O) groups is 1. The van der Waals surface area contributed by atoms with Crippen molar-refractivity contribution in [3.63, 3.8) is 0 Å². The van der Waals surface area contributed by atoms with Gasteiger partial charge in [-0.1, -0.05) is 0 Å². The molecule has 2 rings (SSSR count). The number of hydrogen-bond acceptors (Lipinski definition) is 4. The number of hydrogen-bond donors (Lipinski definition) is 0. The molecule has 0 N–H and O–H groups in total. The van der Waals surface area contributed by atoms with Crippen LogP contribution in [-0.2, 0) is 11.3 Å². The topological polar surface area (TPSA) is 26.8 Å². The standard InChI is InChI=1S/C18H28F3N3OS/c1-13-5-6-16(26-13)11-24-8-7-15(10-24)9-22(3)17(25)14(2)23(4)12-18(19,20)21/h5-6,14-15H,7-12H2,1-4H3. The molecule has 8 heteroatoms. The zero-order chi connectivity index (χ0) is 19.5. The Morgan fingerprint density at radius 1 is 1.38 bits per heavy atom. The minimum atomic E-state index is -4.30. The Balaban J connectivity index is 1.79. The molecular weight excluding hydrogens is 363 g/mol. The number of halogens is 3. The summed E-state index contributed by atoms with van der Waals surface area (Å²) in [5.41, 5.74) is 0. The number of rotatable bonds is 7. The Bertz CT molecular complexity index is 605. The zero-order valence-corrected chi connectivity index (χ0v) is 16.7. The van der Waals surface area contributed by atoms with Crippen molar-refractivity contribution in [2.45, 2.75) is 39.0 Å². The highest BCUT2D eigenvalue weighted by molar-refractivity contribution is 7.11. The summed E-state index contributed by atoms with van der Waals surface area (Å²) in [5.74, 6) is 0.106. The number of likely N-dealkylation sites (tertiary alicyclic amines) is 1. The Morgan fingerprint density at radius 3 is 2.65 bits per heavy atom. The predicted octanol–water partition coefficient (Wildman–Crippen LogP) is 3.22. The van der Waals surface area contributed by atoms with Crippen molar-refractivity contribution in [2.75, 3.05) is 40.3 Å². The molecule has 2 atom stereocenters. The maximum absolute atomic E-state index is 12.5. The number of likely N-dealkylation sites (N-methyl/N-ethyl adjacent to an activating group) is 2. The molecule has 0 radical (unpaired) electrons. The third kappa shape index (κ3) is 6.25. The van der Waals surface area contributed by atoms with Crippen molar-refractivity contribution in [1.29, 1.82) is 0 Å². The van der Waals surface area contributed by atoms with Gasteiger partial charge in [0.15, 0.2) is 0 Å². The van der Waals surface area contributed by atoms with Crippen molar-refractivity contribution in [3.05, 3.63) is 21.9 Å². The third-order valence-corrected chi connectivity index (χ3v) is 5.89. The van der Waals surface area contributed by atoms with E-state index < -0.39 is 18.8 Å². The van der Waals surface area contributed by atoms with E-state index in [0.29, 0.717) is 12.5 Å². The lowest BCUT2D eigenvalue weighted by atomic mass is 10.1. The van der Waals surface area contributed by atoms with Crippen LogP contribution in [0.2, 0.25) is 0 Å². The highest BCUT2D eigenvalue weighted by Crippen LogP contribution is 2.23. The summed E-state index contributed by atoms with van der Waals surface area (Å²) in [7, 11) is 3.02. The van der Waals surface area contributed by atoms with E-state index in [2.05, 4.69) is 24.0 Å². The molecule has 0 bridgehead atoms. The van der Waals surface area contributed by atoms with E-state index in [-0.39, 0.29) is 5.91 Å². The van der Waals surface area contributed by atoms with Gasteiger partial charge < -0.3 is 4.90 Å². The summed E-state index contributed by atoms with van der Waals surface area (Å²) in [4.78, 5) is 20.1. The van der Waals surface area contributed by atoms with Crippen LogP contribution in [0.3, 0.4) is 0 Å². The molecule has 0 aromatic carbocycles. The van der Waals surface area contributed by atoms with Crippen LogP contribution in [0.4, 0.5) is 13.2 Å². The summed E-state index contributed by atoms with van der Waals surface area (Å²) < 4.78 is 37.5. The zero-order valence-electron chi connectivity index (χ0n) is 15.8. The van der Waals surface area contributed by atoms with Crippen LogP contribution in [0.15, 0.2) is 12.1 Å². The normalized spacial score (nSPS) is 19.9. The van der Waals surface area contributed by atoms with Gasteiger partial charge in [-0.3, -0.25) is 14.6 Å². The van der Waals surface area contributed by atoms with E-state index in [1.54, 1.807) is 23.3 Å². The van der Waals surface area contributed by atoms with E-state index in [4.69, 9.17) is 0 Å². The fourth-order valence-electron chi connectivity index (χ4n) is 3.40. The van der Waals surface area contributed by atoms with E-state index in [1.807, 2.05) is 0 Å². The second kappa shape index (κ2) is 8.71. The molecule has 26 heavy (non-hydrogen) atoms. The molecule has 0 spiro atoms. The van der Waals surface area contributed by atoms with Crippen LogP contribution in [0, 0.1) is 12.8 Å². The summed E-state index contributed by atoms with van der Waals surface area (Å²) in [5, 5.41) is 0. The van der Waals surface area contributed by atoms with Crippen molar-refractivity contribution in [2.24, 2.45) is 5.92 Å². The number of amides is 1. The monoisotopic (exact) mass is 391 g/mol. The van der Waals surface area contributed by atoms with Gasteiger partial charge in [0, 0.05) is 36.4 Å². The fraction of sp³-hybridized carbons (Fsp3) is 0.722. The first-order valence-electron chi connectivity index (χ1n) is 8.85. The molecule has 1 aromatic heterocycles. The van der Waals surface area contributed by atoms with Gasteiger partial charge in [0.05, 0.1) is 12.6 Å². The average Bonchev–Trinajstić information content (AvgIpc) is 3.13. The molecule has 2 unspecified atom stereocenters. The number of aryl methyl sites for hydroxylation is 1. The van der Waals surface area contributed by atoms with Gasteiger partial charge >= 0.3 is 6.18 Å². The number of carbonyl (C=O) groups excluding carboxylic acids is 1. The first kappa shape index (κ1) is 21.2. The highest BCUT2D eigenvalue weighted by atomic mass is 32.1. The molecule has 4 nitrogen and oxygen atoms in total. The quantitative estimate of drug-likeness (QED) is 0.714. The van der Waals surface area contributed by atoms with E-state index >= 15 is 0 Å². The Morgan fingerprint density at radius 2 is 2.08 bits per heavy atom. The van der Waals surface area contributed by atoms with Crippen molar-refractivity contribution >= 4 is 17.2 Å². The fourth-order valence-corrected chi connectivity index (χ4v) is 4.33. The molecule has 148 valence electrons. The SMILES string of the molecule is Cc1ccc(CN2CCC(CN(C)C(=O)C(C)N(C)CC(F)(F)F)C2)s1. The molecule has 1 aromatic rings. The molecule has 2 heterocycles. The highest BCUT2D eigenvalue weighted by Gasteiger charge is 2.34. The lowest BCUT2D eigenvalue weighted by Crippen LogP contribution is -2.48. The minimum absolute atomic E-state index is 0.260. The van der Waals surface area contributed by atoms with Crippen molar-refractivity contribution in [1.82, 2.24) is 14.7 Å². The van der Waals surface area contributed by atoms with Gasteiger partial charge in [0.1, 0.15) is 0 Å². The molecule has 0 saturated carbocycles. The first-order valence-corrected chi connectivity index (χ1v) is 9.66. The maximum Gasteiger partial charge on any atom is 0.401 e. The number of nitrogens with zero attached hydrogens (tertiary/aromatic N) is 3.